The largest absolute Gasteiger partial charge is 0.480 e. The molecule has 0 rings (SSSR count). The standard InChI is InChI=1S/C11H20N2O5/c1-11(2,3)10(18)12-5-4-8(15)13-7(6-14)9(16)17/h7,14H,4-6H2,1-3H3,(H,12,18)(H,13,15)(H,16,17)/t7-/m1/s1. The monoisotopic (exact) mass is 260 g/mol. The van der Waals surface area contributed by atoms with E-state index in [1.54, 1.807) is 20.8 Å². The summed E-state index contributed by atoms with van der Waals surface area (Å²) in [6.07, 6.45) is -0.0361. The number of amides is 2. The number of carbonyl (C=O) groups is 3. The van der Waals surface area contributed by atoms with Crippen molar-refractivity contribution >= 4 is 17.8 Å². The highest BCUT2D eigenvalue weighted by molar-refractivity contribution is 5.85. The fourth-order valence-electron chi connectivity index (χ4n) is 1.01. The molecule has 18 heavy (non-hydrogen) atoms. The molecule has 0 spiro atoms. The maximum absolute atomic E-state index is 11.5. The van der Waals surface area contributed by atoms with Crippen LogP contribution >= 0.6 is 0 Å². The van der Waals surface area contributed by atoms with Crippen LogP contribution in [0.1, 0.15) is 27.2 Å². The number of hydrogen-bond donors (Lipinski definition) is 4. The minimum absolute atomic E-state index is 0.0361. The predicted octanol–water partition coefficient (Wildman–Crippen LogP) is -0.899. The van der Waals surface area contributed by atoms with Crippen molar-refractivity contribution in [1.29, 1.82) is 0 Å². The van der Waals surface area contributed by atoms with Crippen molar-refractivity contribution in [2.75, 3.05) is 13.2 Å². The molecule has 0 aromatic rings. The molecule has 0 bridgehead atoms. The van der Waals surface area contributed by atoms with Gasteiger partial charge in [-0.05, 0) is 0 Å². The molecule has 0 aliphatic carbocycles. The molecule has 0 fully saturated rings. The Bertz CT molecular complexity index is 322. The van der Waals surface area contributed by atoms with Gasteiger partial charge in [0.25, 0.3) is 0 Å². The third kappa shape index (κ3) is 6.19. The summed E-state index contributed by atoms with van der Waals surface area (Å²) < 4.78 is 0. The summed E-state index contributed by atoms with van der Waals surface area (Å²) in [5.41, 5.74) is -0.537. The first kappa shape index (κ1) is 16.4. The van der Waals surface area contributed by atoms with Crippen LogP contribution in [0, 0.1) is 5.41 Å². The molecule has 104 valence electrons. The Hall–Kier alpha value is -1.63. The van der Waals surface area contributed by atoms with E-state index in [0.29, 0.717) is 0 Å². The van der Waals surface area contributed by atoms with Crippen molar-refractivity contribution in [3.63, 3.8) is 0 Å². The molecule has 0 aromatic carbocycles. The summed E-state index contributed by atoms with van der Waals surface area (Å²) in [5.74, 6) is -2.03. The molecule has 0 aliphatic rings. The van der Waals surface area contributed by atoms with Gasteiger partial charge in [-0.3, -0.25) is 9.59 Å². The van der Waals surface area contributed by atoms with Crippen LogP contribution in [0.5, 0.6) is 0 Å². The quantitative estimate of drug-likeness (QED) is 0.494. The normalized spacial score (nSPS) is 12.7. The summed E-state index contributed by atoms with van der Waals surface area (Å²) in [5, 5.41) is 22.0. The Morgan fingerprint density at radius 1 is 1.22 bits per heavy atom. The van der Waals surface area contributed by atoms with Gasteiger partial charge in [-0.2, -0.15) is 0 Å². The maximum Gasteiger partial charge on any atom is 0.328 e. The van der Waals surface area contributed by atoms with Gasteiger partial charge in [-0.25, -0.2) is 4.79 Å². The van der Waals surface area contributed by atoms with Crippen LogP contribution in [-0.2, 0) is 14.4 Å². The van der Waals surface area contributed by atoms with E-state index in [1.165, 1.54) is 0 Å². The molecule has 1 atom stereocenters. The number of carbonyl (C=O) groups excluding carboxylic acids is 2. The lowest BCUT2D eigenvalue weighted by atomic mass is 9.96. The van der Waals surface area contributed by atoms with Gasteiger partial charge in [0.05, 0.1) is 6.61 Å². The van der Waals surface area contributed by atoms with Crippen LogP contribution in [0.2, 0.25) is 0 Å². The van der Waals surface area contributed by atoms with Gasteiger partial charge < -0.3 is 20.8 Å². The van der Waals surface area contributed by atoms with Crippen LogP contribution < -0.4 is 10.6 Å². The Morgan fingerprint density at radius 2 is 1.78 bits per heavy atom. The number of rotatable bonds is 6. The fraction of sp³-hybridized carbons (Fsp3) is 0.727. The SMILES string of the molecule is CC(C)(C)C(=O)NCCC(=O)N[C@H](CO)C(=O)O. The first-order valence-electron chi connectivity index (χ1n) is 5.59. The number of aliphatic hydroxyl groups excluding tert-OH is 1. The molecule has 7 nitrogen and oxygen atoms in total. The van der Waals surface area contributed by atoms with Crippen molar-refractivity contribution < 1.29 is 24.6 Å². The molecule has 0 saturated heterocycles. The molecular weight excluding hydrogens is 240 g/mol. The van der Waals surface area contributed by atoms with Gasteiger partial charge in [-0.15, -0.1) is 0 Å². The van der Waals surface area contributed by atoms with Crippen LogP contribution in [0.25, 0.3) is 0 Å². The second kappa shape index (κ2) is 6.95. The van der Waals surface area contributed by atoms with Crippen LogP contribution in [-0.4, -0.2) is 47.2 Å². The minimum Gasteiger partial charge on any atom is -0.480 e. The maximum atomic E-state index is 11.5. The Morgan fingerprint density at radius 3 is 2.17 bits per heavy atom. The van der Waals surface area contributed by atoms with Crippen molar-refractivity contribution in [2.24, 2.45) is 5.41 Å². The lowest BCUT2D eigenvalue weighted by Gasteiger charge is -2.17. The zero-order valence-electron chi connectivity index (χ0n) is 10.8. The molecule has 0 aliphatic heterocycles. The number of aliphatic hydroxyl groups is 1. The van der Waals surface area contributed by atoms with Crippen LogP contribution in [0.3, 0.4) is 0 Å². The third-order valence-electron chi connectivity index (χ3n) is 2.13. The van der Waals surface area contributed by atoms with E-state index in [2.05, 4.69) is 10.6 Å². The highest BCUT2D eigenvalue weighted by atomic mass is 16.4. The number of hydrogen-bond acceptors (Lipinski definition) is 4. The van der Waals surface area contributed by atoms with Gasteiger partial charge in [0.2, 0.25) is 11.8 Å². The lowest BCUT2D eigenvalue weighted by molar-refractivity contribution is -0.143. The number of carboxylic acid groups (broad SMARTS) is 1. The van der Waals surface area contributed by atoms with E-state index in [0.717, 1.165) is 0 Å². The van der Waals surface area contributed by atoms with Crippen molar-refractivity contribution in [2.45, 2.75) is 33.2 Å². The summed E-state index contributed by atoms with van der Waals surface area (Å²) in [6, 6.07) is -1.31. The molecule has 0 aromatic heterocycles. The molecule has 2 amide bonds. The number of nitrogens with one attached hydrogen (secondary N) is 2. The van der Waals surface area contributed by atoms with Gasteiger partial charge >= 0.3 is 5.97 Å². The Balaban J connectivity index is 3.98. The first-order valence-corrected chi connectivity index (χ1v) is 5.59. The number of aliphatic carboxylic acids is 1. The van der Waals surface area contributed by atoms with Gasteiger partial charge in [0.15, 0.2) is 0 Å². The van der Waals surface area contributed by atoms with E-state index in [1.807, 2.05) is 0 Å². The van der Waals surface area contributed by atoms with Gasteiger partial charge in [0, 0.05) is 18.4 Å². The molecule has 0 heterocycles. The van der Waals surface area contributed by atoms with E-state index in [-0.39, 0.29) is 18.9 Å². The van der Waals surface area contributed by atoms with E-state index >= 15 is 0 Å². The van der Waals surface area contributed by atoms with Gasteiger partial charge in [0.1, 0.15) is 6.04 Å². The van der Waals surface area contributed by atoms with Crippen LogP contribution in [0.4, 0.5) is 0 Å². The van der Waals surface area contributed by atoms with E-state index in [4.69, 9.17) is 10.2 Å². The van der Waals surface area contributed by atoms with Crippen molar-refractivity contribution in [1.82, 2.24) is 10.6 Å². The molecule has 7 heteroatoms. The molecule has 0 unspecified atom stereocenters. The van der Waals surface area contributed by atoms with Crippen molar-refractivity contribution in [3.05, 3.63) is 0 Å². The Kier molecular flexibility index (Phi) is 6.32. The Labute approximate surface area is 106 Å². The summed E-state index contributed by atoms with van der Waals surface area (Å²) in [6.45, 7) is 4.69. The highest BCUT2D eigenvalue weighted by Gasteiger charge is 2.21. The second-order valence-corrected chi connectivity index (χ2v) is 4.90. The lowest BCUT2D eigenvalue weighted by Crippen LogP contribution is -2.44. The van der Waals surface area contributed by atoms with Crippen LogP contribution in [0.15, 0.2) is 0 Å². The highest BCUT2D eigenvalue weighted by Crippen LogP contribution is 2.11. The average Bonchev–Trinajstić information content (AvgIpc) is 2.23. The fourth-order valence-corrected chi connectivity index (χ4v) is 1.01. The summed E-state index contributed by atoms with van der Waals surface area (Å²) in [4.78, 5) is 33.3. The molecule has 0 saturated carbocycles. The third-order valence-corrected chi connectivity index (χ3v) is 2.13. The average molecular weight is 260 g/mol. The van der Waals surface area contributed by atoms with E-state index < -0.39 is 29.9 Å². The first-order chi connectivity index (χ1) is 8.18. The second-order valence-electron chi connectivity index (χ2n) is 4.90. The zero-order chi connectivity index (χ0) is 14.3. The summed E-state index contributed by atoms with van der Waals surface area (Å²) in [7, 11) is 0. The van der Waals surface area contributed by atoms with E-state index in [9.17, 15) is 14.4 Å². The van der Waals surface area contributed by atoms with Crippen molar-refractivity contribution in [3.8, 4) is 0 Å². The topological polar surface area (TPSA) is 116 Å². The molecule has 0 radical (unpaired) electrons. The minimum atomic E-state index is -1.31. The zero-order valence-corrected chi connectivity index (χ0v) is 10.8. The smallest absolute Gasteiger partial charge is 0.328 e. The predicted molar refractivity (Wildman–Crippen MR) is 63.7 cm³/mol. The number of carboxylic acids is 1. The molecular formula is C11H20N2O5. The van der Waals surface area contributed by atoms with Gasteiger partial charge in [-0.1, -0.05) is 20.8 Å². The molecule has 4 N–H and O–H groups in total. The summed E-state index contributed by atoms with van der Waals surface area (Å²) >= 11 is 0.